The van der Waals surface area contributed by atoms with Gasteiger partial charge in [-0.15, -0.1) is 0 Å². The number of non-ortho nitro benzene ring substituents is 1. The molecule has 0 aliphatic rings. The van der Waals surface area contributed by atoms with E-state index in [1.165, 1.54) is 18.3 Å². The fourth-order valence-corrected chi connectivity index (χ4v) is 5.52. The van der Waals surface area contributed by atoms with E-state index in [1.807, 2.05) is 6.07 Å². The molecule has 0 aliphatic carbocycles. The van der Waals surface area contributed by atoms with Gasteiger partial charge >= 0.3 is 0 Å². The fraction of sp³-hybridized carbons (Fsp3) is 0.0645. The van der Waals surface area contributed by atoms with Crippen molar-refractivity contribution in [3.8, 4) is 23.1 Å². The van der Waals surface area contributed by atoms with Gasteiger partial charge in [0, 0.05) is 22.7 Å². The molecule has 0 aliphatic heterocycles. The third-order valence-electron chi connectivity index (χ3n) is 6.57. The predicted octanol–water partition coefficient (Wildman–Crippen LogP) is 7.60. The third kappa shape index (κ3) is 5.60. The van der Waals surface area contributed by atoms with Gasteiger partial charge < -0.3 is 13.9 Å². The molecule has 12 heteroatoms. The Balaban J connectivity index is 1.45. The van der Waals surface area contributed by atoms with Crippen LogP contribution in [0.1, 0.15) is 11.1 Å². The number of hydrogen-bond acceptors (Lipinski definition) is 8. The fourth-order valence-electron chi connectivity index (χ4n) is 4.58. The SMILES string of the molecule is COc1cccc2oc(-c3nc4ccccc4c(=O)n3N=Cc3cc(Cl)cc(Br)c3OCc3cccc([N+](=O)[O-])c3)cc12. The lowest BCUT2D eigenvalue weighted by Crippen LogP contribution is -2.20. The van der Waals surface area contributed by atoms with Gasteiger partial charge in [-0.2, -0.15) is 9.78 Å². The monoisotopic (exact) mass is 658 g/mol. The van der Waals surface area contributed by atoms with Gasteiger partial charge in [-0.1, -0.05) is 41.9 Å². The van der Waals surface area contributed by atoms with E-state index < -0.39 is 10.5 Å². The van der Waals surface area contributed by atoms with E-state index in [9.17, 15) is 14.9 Å². The molecule has 0 bridgehead atoms. The largest absolute Gasteiger partial charge is 0.496 e. The molecule has 6 aromatic rings. The molecule has 4 aromatic carbocycles. The first kappa shape index (κ1) is 28.1. The van der Waals surface area contributed by atoms with Crippen LogP contribution in [0.25, 0.3) is 33.5 Å². The average molecular weight is 660 g/mol. The zero-order valence-electron chi connectivity index (χ0n) is 22.4. The summed E-state index contributed by atoms with van der Waals surface area (Å²) in [4.78, 5) is 29.2. The van der Waals surface area contributed by atoms with Crippen molar-refractivity contribution in [2.45, 2.75) is 6.61 Å². The first-order valence-electron chi connectivity index (χ1n) is 12.8. The summed E-state index contributed by atoms with van der Waals surface area (Å²) in [6.07, 6.45) is 1.43. The Bertz CT molecular complexity index is 2120. The van der Waals surface area contributed by atoms with Crippen molar-refractivity contribution < 1.29 is 18.8 Å². The summed E-state index contributed by atoms with van der Waals surface area (Å²) in [7, 11) is 1.57. The van der Waals surface area contributed by atoms with Crippen LogP contribution in [-0.4, -0.2) is 27.9 Å². The number of aromatic nitrogens is 2. The lowest BCUT2D eigenvalue weighted by atomic mass is 10.2. The second kappa shape index (κ2) is 11.7. The van der Waals surface area contributed by atoms with Gasteiger partial charge in [0.05, 0.1) is 39.0 Å². The minimum absolute atomic E-state index is 0.0340. The van der Waals surface area contributed by atoms with Crippen molar-refractivity contribution in [2.75, 3.05) is 7.11 Å². The Hall–Kier alpha value is -5.00. The van der Waals surface area contributed by atoms with E-state index in [1.54, 1.807) is 73.8 Å². The molecule has 0 saturated carbocycles. The van der Waals surface area contributed by atoms with Gasteiger partial charge in [-0.05, 0) is 64.0 Å². The highest BCUT2D eigenvalue weighted by molar-refractivity contribution is 9.10. The Morgan fingerprint density at radius 2 is 1.88 bits per heavy atom. The number of para-hydroxylation sites is 1. The standard InChI is InChI=1S/C31H20BrClN4O6/c1-41-26-10-5-11-27-23(26)15-28(43-27)30-35-25-9-3-2-8-22(25)31(38)36(30)34-16-19-13-20(33)14-24(32)29(19)42-17-18-6-4-7-21(12-18)37(39)40/h2-16H,17H2,1H3. The summed E-state index contributed by atoms with van der Waals surface area (Å²) in [5.41, 5.74) is 1.62. The number of furan rings is 1. The van der Waals surface area contributed by atoms with Crippen LogP contribution in [0.5, 0.6) is 11.5 Å². The number of nitrogens with zero attached hydrogens (tertiary/aromatic N) is 4. The van der Waals surface area contributed by atoms with Gasteiger partial charge in [-0.3, -0.25) is 14.9 Å². The molecule has 10 nitrogen and oxygen atoms in total. The first-order valence-corrected chi connectivity index (χ1v) is 14.0. The molecule has 6 rings (SSSR count). The topological polar surface area (TPSA) is 122 Å². The summed E-state index contributed by atoms with van der Waals surface area (Å²) in [6.45, 7) is 0.0340. The average Bonchev–Trinajstić information content (AvgIpc) is 3.44. The molecule has 0 atom stereocenters. The summed E-state index contributed by atoms with van der Waals surface area (Å²) in [5.74, 6) is 1.48. The Morgan fingerprint density at radius 3 is 2.70 bits per heavy atom. The van der Waals surface area contributed by atoms with Crippen LogP contribution in [0.2, 0.25) is 5.02 Å². The maximum absolute atomic E-state index is 13.7. The van der Waals surface area contributed by atoms with Crippen LogP contribution in [0.4, 0.5) is 5.69 Å². The molecular weight excluding hydrogens is 640 g/mol. The first-order chi connectivity index (χ1) is 20.8. The smallest absolute Gasteiger partial charge is 0.282 e. The van der Waals surface area contributed by atoms with E-state index in [-0.39, 0.29) is 18.1 Å². The number of hydrogen-bond donors (Lipinski definition) is 0. The molecule has 214 valence electrons. The van der Waals surface area contributed by atoms with Crippen LogP contribution in [0, 0.1) is 10.1 Å². The summed E-state index contributed by atoms with van der Waals surface area (Å²) >= 11 is 9.84. The van der Waals surface area contributed by atoms with Gasteiger partial charge in [0.15, 0.2) is 5.76 Å². The maximum atomic E-state index is 13.7. The highest BCUT2D eigenvalue weighted by atomic mass is 79.9. The van der Waals surface area contributed by atoms with Crippen molar-refractivity contribution in [3.63, 3.8) is 0 Å². The van der Waals surface area contributed by atoms with Gasteiger partial charge in [0.2, 0.25) is 5.82 Å². The number of benzene rings is 4. The van der Waals surface area contributed by atoms with E-state index in [2.05, 4.69) is 21.0 Å². The van der Waals surface area contributed by atoms with Crippen LogP contribution in [0.3, 0.4) is 0 Å². The number of ether oxygens (including phenoxy) is 2. The number of halogens is 2. The normalized spacial score (nSPS) is 11.4. The quantitative estimate of drug-likeness (QED) is 0.0937. The van der Waals surface area contributed by atoms with Crippen LogP contribution < -0.4 is 15.0 Å². The predicted molar refractivity (Wildman–Crippen MR) is 167 cm³/mol. The minimum atomic E-state index is -0.467. The van der Waals surface area contributed by atoms with Crippen molar-refractivity contribution in [3.05, 3.63) is 126 Å². The van der Waals surface area contributed by atoms with Crippen molar-refractivity contribution >= 4 is 61.3 Å². The van der Waals surface area contributed by atoms with Crippen molar-refractivity contribution in [2.24, 2.45) is 5.10 Å². The summed E-state index contributed by atoms with van der Waals surface area (Å²) in [6, 6.07) is 23.6. The van der Waals surface area contributed by atoms with E-state index >= 15 is 0 Å². The third-order valence-corrected chi connectivity index (χ3v) is 7.38. The zero-order chi connectivity index (χ0) is 30.1. The van der Waals surface area contributed by atoms with E-state index in [0.717, 1.165) is 4.68 Å². The Labute approximate surface area is 257 Å². The second-order valence-electron chi connectivity index (χ2n) is 9.32. The molecule has 0 N–H and O–H groups in total. The lowest BCUT2D eigenvalue weighted by molar-refractivity contribution is -0.384. The van der Waals surface area contributed by atoms with Gasteiger partial charge in [0.1, 0.15) is 23.7 Å². The molecule has 0 radical (unpaired) electrons. The van der Waals surface area contributed by atoms with Crippen LogP contribution in [0.15, 0.2) is 104 Å². The molecule has 2 heterocycles. The Kier molecular flexibility index (Phi) is 7.66. The summed E-state index contributed by atoms with van der Waals surface area (Å²) < 4.78 is 19.3. The van der Waals surface area contributed by atoms with E-state index in [4.69, 9.17) is 30.5 Å². The molecule has 2 aromatic heterocycles. The number of rotatable bonds is 8. The zero-order valence-corrected chi connectivity index (χ0v) is 24.7. The van der Waals surface area contributed by atoms with Gasteiger partial charge in [0.25, 0.3) is 11.2 Å². The highest BCUT2D eigenvalue weighted by Crippen LogP contribution is 2.34. The van der Waals surface area contributed by atoms with Gasteiger partial charge in [-0.25, -0.2) is 4.98 Å². The number of methoxy groups -OCH3 is 1. The molecule has 0 saturated heterocycles. The van der Waals surface area contributed by atoms with Crippen molar-refractivity contribution in [1.82, 2.24) is 9.66 Å². The highest BCUT2D eigenvalue weighted by Gasteiger charge is 2.18. The number of nitro benzene ring substituents is 1. The molecule has 0 fully saturated rings. The lowest BCUT2D eigenvalue weighted by Gasteiger charge is -2.12. The molecule has 0 spiro atoms. The Morgan fingerprint density at radius 1 is 1.07 bits per heavy atom. The summed E-state index contributed by atoms with van der Waals surface area (Å²) in [5, 5.41) is 17.2. The minimum Gasteiger partial charge on any atom is -0.496 e. The van der Waals surface area contributed by atoms with Crippen LogP contribution in [-0.2, 0) is 6.61 Å². The maximum Gasteiger partial charge on any atom is 0.282 e. The number of nitro groups is 1. The van der Waals surface area contributed by atoms with E-state index in [0.29, 0.717) is 59.8 Å². The molecule has 0 unspecified atom stereocenters. The van der Waals surface area contributed by atoms with Crippen molar-refractivity contribution in [1.29, 1.82) is 0 Å². The van der Waals surface area contributed by atoms with Crippen LogP contribution >= 0.6 is 27.5 Å². The molecule has 0 amide bonds. The number of fused-ring (bicyclic) bond motifs is 2. The molecule has 43 heavy (non-hydrogen) atoms. The molecular formula is C31H20BrClN4O6. The second-order valence-corrected chi connectivity index (χ2v) is 10.6.